The second kappa shape index (κ2) is 11.8. The quantitative estimate of drug-likeness (QED) is 0.460. The van der Waals surface area contributed by atoms with Crippen LogP contribution in [0.5, 0.6) is 0 Å². The van der Waals surface area contributed by atoms with Gasteiger partial charge in [-0.3, -0.25) is 9.98 Å². The van der Waals surface area contributed by atoms with Crippen LogP contribution in [0.3, 0.4) is 0 Å². The summed E-state index contributed by atoms with van der Waals surface area (Å²) in [6, 6.07) is 0.145. The van der Waals surface area contributed by atoms with Crippen LogP contribution in [0, 0.1) is 0 Å². The first-order valence-electron chi connectivity index (χ1n) is 15.9. The van der Waals surface area contributed by atoms with Gasteiger partial charge in [0.25, 0.3) is 0 Å². The summed E-state index contributed by atoms with van der Waals surface area (Å²) in [5.41, 5.74) is 13.7. The second-order valence-electron chi connectivity index (χ2n) is 11.2. The van der Waals surface area contributed by atoms with Crippen molar-refractivity contribution in [2.75, 3.05) is 0 Å². The minimum absolute atomic E-state index is 0.0725. The van der Waals surface area contributed by atoms with Gasteiger partial charge in [-0.15, -0.1) is 0 Å². The van der Waals surface area contributed by atoms with Gasteiger partial charge in [-0.1, -0.05) is 55.4 Å². The van der Waals surface area contributed by atoms with E-state index in [1.807, 2.05) is 0 Å². The van der Waals surface area contributed by atoms with Crippen LogP contribution < -0.4 is 21.4 Å². The summed E-state index contributed by atoms with van der Waals surface area (Å²) in [5, 5.41) is 4.90. The molecule has 2 N–H and O–H groups in total. The zero-order valence-corrected chi connectivity index (χ0v) is 26.0. The van der Waals surface area contributed by atoms with Crippen molar-refractivity contribution in [3.05, 3.63) is 65.9 Å². The Labute approximate surface area is 240 Å². The Morgan fingerprint density at radius 3 is 1.12 bits per heavy atom. The van der Waals surface area contributed by atoms with Gasteiger partial charge >= 0.3 is 0 Å². The van der Waals surface area contributed by atoms with Gasteiger partial charge in [-0.05, 0) is 120 Å². The number of aliphatic imine (C=N–C) groups is 2. The fourth-order valence-electron chi connectivity index (χ4n) is 7.46. The minimum atomic E-state index is 0.0725. The Bertz CT molecular complexity index is 1550. The average Bonchev–Trinajstić information content (AvgIpc) is 3.67. The van der Waals surface area contributed by atoms with Crippen molar-refractivity contribution in [3.8, 4) is 0 Å². The highest BCUT2D eigenvalue weighted by atomic mass is 14.9. The lowest BCUT2D eigenvalue weighted by Gasteiger charge is -2.08. The zero-order chi connectivity index (χ0) is 28.6. The maximum atomic E-state index is 5.38. The van der Waals surface area contributed by atoms with E-state index in [0.29, 0.717) is 0 Å². The van der Waals surface area contributed by atoms with Crippen molar-refractivity contribution in [2.45, 2.75) is 119 Å². The number of nitrogens with zero attached hydrogens (tertiary/aromatic N) is 2. The van der Waals surface area contributed by atoms with Crippen LogP contribution in [0.15, 0.2) is 32.3 Å². The maximum absolute atomic E-state index is 5.38. The molecule has 0 fully saturated rings. The van der Waals surface area contributed by atoms with Gasteiger partial charge in [-0.2, -0.15) is 0 Å². The molecule has 8 bridgehead atoms. The van der Waals surface area contributed by atoms with Crippen molar-refractivity contribution < 1.29 is 0 Å². The summed E-state index contributed by atoms with van der Waals surface area (Å²) >= 11 is 0. The van der Waals surface area contributed by atoms with Crippen molar-refractivity contribution in [1.29, 1.82) is 0 Å². The molecule has 0 saturated carbocycles. The molecule has 2 atom stereocenters. The van der Waals surface area contributed by atoms with Crippen LogP contribution >= 0.6 is 0 Å². The van der Waals surface area contributed by atoms with Gasteiger partial charge in [-0.25, -0.2) is 0 Å². The van der Waals surface area contributed by atoms with Gasteiger partial charge in [0, 0.05) is 21.4 Å². The zero-order valence-electron chi connectivity index (χ0n) is 26.0. The molecule has 0 radical (unpaired) electrons. The van der Waals surface area contributed by atoms with Crippen LogP contribution in [0.1, 0.15) is 103 Å². The summed E-state index contributed by atoms with van der Waals surface area (Å²) in [6.45, 7) is 18.2. The Morgan fingerprint density at radius 2 is 0.825 bits per heavy atom. The third-order valence-electron chi connectivity index (χ3n) is 9.33. The predicted octanol–water partition coefficient (Wildman–Crippen LogP) is 5.31. The first-order chi connectivity index (χ1) is 19.5. The first-order valence-corrected chi connectivity index (χ1v) is 15.9. The monoisotopic (exact) mass is 536 g/mol. The number of H-pyrrole nitrogens is 2. The summed E-state index contributed by atoms with van der Waals surface area (Å²) in [7, 11) is 0. The molecule has 4 nitrogen and oxygen atoms in total. The van der Waals surface area contributed by atoms with Gasteiger partial charge in [0.05, 0.1) is 23.5 Å². The highest BCUT2D eigenvalue weighted by Gasteiger charge is 2.26. The van der Waals surface area contributed by atoms with Crippen LogP contribution in [0.25, 0.3) is 24.3 Å². The molecule has 212 valence electrons. The topological polar surface area (TPSA) is 56.3 Å². The van der Waals surface area contributed by atoms with E-state index in [1.54, 1.807) is 0 Å². The van der Waals surface area contributed by atoms with Crippen molar-refractivity contribution in [2.24, 2.45) is 9.98 Å². The standard InChI is InChI=1S/C36H48N4/c1-9-21-22(10-2)30-18-32-25(13-5)26(14-6)34(39-32)20-36-28(16-8)27(15-7)35(40-36)19-33-24(12-4)23(11-3)31(38-33)17-29(21)37-30/h17-20,29,36,38-39H,9-16H2,1-8H3. The second-order valence-corrected chi connectivity index (χ2v) is 11.2. The number of aromatic amines is 2. The lowest BCUT2D eigenvalue weighted by atomic mass is 9.95. The van der Waals surface area contributed by atoms with Gasteiger partial charge < -0.3 is 9.97 Å². The minimum Gasteiger partial charge on any atom is -0.355 e. The van der Waals surface area contributed by atoms with Crippen molar-refractivity contribution >= 4 is 35.7 Å². The number of aromatic nitrogens is 2. The van der Waals surface area contributed by atoms with E-state index in [4.69, 9.17) is 9.98 Å². The smallest absolute Gasteiger partial charge is 0.0926 e. The van der Waals surface area contributed by atoms with Crippen LogP contribution in [-0.4, -0.2) is 33.5 Å². The molecular formula is C36H48N4. The highest BCUT2D eigenvalue weighted by Crippen LogP contribution is 2.30. The normalized spacial score (nSPS) is 20.2. The fraction of sp³-hybridized carbons (Fsp3) is 0.500. The van der Waals surface area contributed by atoms with E-state index >= 15 is 0 Å². The molecule has 4 heteroatoms. The molecular weight excluding hydrogens is 488 g/mol. The molecule has 0 saturated heterocycles. The third-order valence-corrected chi connectivity index (χ3v) is 9.33. The lowest BCUT2D eigenvalue weighted by Crippen LogP contribution is -2.17. The molecule has 0 aliphatic carbocycles. The average molecular weight is 537 g/mol. The van der Waals surface area contributed by atoms with E-state index in [2.05, 4.69) is 89.7 Å². The number of hydrogen-bond donors (Lipinski definition) is 2. The Kier molecular flexibility index (Phi) is 8.35. The third kappa shape index (κ3) is 4.63. The number of rotatable bonds is 8. The number of fused-ring (bicyclic) bond motifs is 6. The van der Waals surface area contributed by atoms with E-state index in [0.717, 1.165) is 62.8 Å². The molecule has 3 aliphatic rings. The SMILES string of the molecule is CCC1=C(CC)C2C=c3[nH]c(c(CC)c3CC)=CC3=NC(C=c4[nH]c(c(CC)c4CC)=CC1=N2)C(CC)=C3CC. The number of allylic oxidation sites excluding steroid dienone is 2. The maximum Gasteiger partial charge on any atom is 0.0926 e. The van der Waals surface area contributed by atoms with Gasteiger partial charge in [0.15, 0.2) is 0 Å². The Hall–Kier alpha value is -3.14. The predicted molar refractivity (Wildman–Crippen MR) is 173 cm³/mol. The number of hydrogen-bond acceptors (Lipinski definition) is 2. The molecule has 2 aromatic rings. The van der Waals surface area contributed by atoms with Crippen molar-refractivity contribution in [1.82, 2.24) is 9.97 Å². The molecule has 5 rings (SSSR count). The molecule has 0 spiro atoms. The van der Waals surface area contributed by atoms with Crippen LogP contribution in [-0.2, 0) is 25.7 Å². The molecule has 40 heavy (non-hydrogen) atoms. The fourth-order valence-corrected chi connectivity index (χ4v) is 7.46. The largest absolute Gasteiger partial charge is 0.355 e. The van der Waals surface area contributed by atoms with E-state index < -0.39 is 0 Å². The molecule has 0 amide bonds. The molecule has 2 aromatic heterocycles. The van der Waals surface area contributed by atoms with Crippen LogP contribution in [0.4, 0.5) is 0 Å². The molecule has 5 heterocycles. The lowest BCUT2D eigenvalue weighted by molar-refractivity contribution is 0.915. The summed E-state index contributed by atoms with van der Waals surface area (Å²) in [4.78, 5) is 18.5. The Morgan fingerprint density at radius 1 is 0.475 bits per heavy atom. The number of nitrogens with one attached hydrogen (secondary N) is 2. The molecule has 2 unspecified atom stereocenters. The highest BCUT2D eigenvalue weighted by molar-refractivity contribution is 6.23. The van der Waals surface area contributed by atoms with E-state index in [9.17, 15) is 0 Å². The van der Waals surface area contributed by atoms with Crippen molar-refractivity contribution in [3.63, 3.8) is 0 Å². The first kappa shape index (κ1) is 28.4. The van der Waals surface area contributed by atoms with E-state index in [-0.39, 0.29) is 12.1 Å². The summed E-state index contributed by atoms with van der Waals surface area (Å²) in [6.07, 6.45) is 17.5. The molecule has 0 aromatic carbocycles. The van der Waals surface area contributed by atoms with Crippen LogP contribution in [0.2, 0.25) is 0 Å². The Balaban J connectivity index is 1.92. The summed E-state index contributed by atoms with van der Waals surface area (Å²) < 4.78 is 0. The van der Waals surface area contributed by atoms with E-state index in [1.165, 1.54) is 65.9 Å². The van der Waals surface area contributed by atoms with Gasteiger partial charge in [0.1, 0.15) is 0 Å². The summed E-state index contributed by atoms with van der Waals surface area (Å²) in [5.74, 6) is 0. The van der Waals surface area contributed by atoms with Gasteiger partial charge in [0.2, 0.25) is 0 Å². The molecule has 3 aliphatic heterocycles.